The lowest BCUT2D eigenvalue weighted by molar-refractivity contribution is 0.0705. The first-order chi connectivity index (χ1) is 23.5. The molecule has 0 radical (unpaired) electrons. The molecular weight excluding hydrogens is 592 g/mol. The summed E-state index contributed by atoms with van der Waals surface area (Å²) in [6.07, 6.45) is 3.74. The number of amides is 2. The summed E-state index contributed by atoms with van der Waals surface area (Å²) in [6.45, 7) is 3.97. The van der Waals surface area contributed by atoms with Crippen molar-refractivity contribution < 1.29 is 9.59 Å². The fourth-order valence-electron chi connectivity index (χ4n) is 6.81. The average molecular weight is 635 g/mol. The lowest BCUT2D eigenvalue weighted by Gasteiger charge is -2.32. The maximum absolute atomic E-state index is 13.3. The normalized spacial score (nSPS) is 15.2. The Balaban J connectivity index is 1.03. The highest BCUT2D eigenvalue weighted by atomic mass is 16.2. The Labute approximate surface area is 284 Å². The van der Waals surface area contributed by atoms with E-state index in [4.69, 9.17) is 11.5 Å². The van der Waals surface area contributed by atoms with Crippen LogP contribution in [0.2, 0.25) is 0 Å². The number of carbonyl (C=O) groups excluding carboxylic acids is 2. The molecule has 4 N–H and O–H groups in total. The fourth-order valence-corrected chi connectivity index (χ4v) is 6.81. The topological polar surface area (TPSA) is 92.7 Å². The van der Waals surface area contributed by atoms with Gasteiger partial charge in [0.1, 0.15) is 0 Å². The molecule has 2 fully saturated rings. The fraction of sp³-hybridized carbons (Fsp3) is 0.286. The van der Waals surface area contributed by atoms with Gasteiger partial charge in [0.25, 0.3) is 11.8 Å². The number of piperidine rings is 2. The average Bonchev–Trinajstić information content (AvgIpc) is 3.16. The first kappa shape index (κ1) is 32.8. The van der Waals surface area contributed by atoms with Gasteiger partial charge in [0.2, 0.25) is 0 Å². The van der Waals surface area contributed by atoms with Crippen LogP contribution >= 0.6 is 0 Å². The largest absolute Gasteiger partial charge is 0.339 e. The minimum atomic E-state index is 0.0328. The summed E-state index contributed by atoms with van der Waals surface area (Å²) in [5.74, 6) is 13.0. The van der Waals surface area contributed by atoms with E-state index in [2.05, 4.69) is 72.2 Å². The van der Waals surface area contributed by atoms with Crippen molar-refractivity contribution in [3.8, 4) is 23.7 Å². The zero-order valence-electron chi connectivity index (χ0n) is 27.3. The summed E-state index contributed by atoms with van der Waals surface area (Å²) in [4.78, 5) is 30.5. The van der Waals surface area contributed by atoms with Crippen LogP contribution in [0.5, 0.6) is 0 Å². The molecule has 6 nitrogen and oxygen atoms in total. The molecule has 0 unspecified atom stereocenters. The molecule has 0 saturated carbocycles. The zero-order valence-corrected chi connectivity index (χ0v) is 27.3. The van der Waals surface area contributed by atoms with Crippen LogP contribution in [0.1, 0.15) is 91.6 Å². The van der Waals surface area contributed by atoms with Crippen molar-refractivity contribution in [2.45, 2.75) is 50.6 Å². The smallest absolute Gasteiger partial charge is 0.253 e. The summed E-state index contributed by atoms with van der Waals surface area (Å²) < 4.78 is 0. The standard InChI is InChI=1S/C42H42N4O2/c43-29-33-11-5-13-37(27-33)35-17-21-45(22-18-35)41(47)39-15-3-9-31(25-39)7-1-2-8-32-10-4-16-40(26-32)42(48)46-23-19-36(20-24-46)38-14-6-12-34(28-38)30-44/h3-6,9-16,25-28,35-36H,17-24,29-30,43-44H2. The van der Waals surface area contributed by atoms with Crippen LogP contribution < -0.4 is 11.5 Å². The first-order valence-electron chi connectivity index (χ1n) is 16.9. The van der Waals surface area contributed by atoms with Crippen molar-refractivity contribution in [2.75, 3.05) is 26.2 Å². The molecule has 0 aromatic heterocycles. The summed E-state index contributed by atoms with van der Waals surface area (Å²) in [5.41, 5.74) is 19.3. The van der Waals surface area contributed by atoms with Gasteiger partial charge in [-0.2, -0.15) is 0 Å². The second-order valence-electron chi connectivity index (χ2n) is 12.7. The quantitative estimate of drug-likeness (QED) is 0.253. The number of likely N-dealkylation sites (tertiary alicyclic amines) is 2. The zero-order chi connectivity index (χ0) is 33.3. The Morgan fingerprint density at radius 3 is 1.35 bits per heavy atom. The van der Waals surface area contributed by atoms with E-state index in [1.165, 1.54) is 11.1 Å². The third kappa shape index (κ3) is 8.04. The van der Waals surface area contributed by atoms with Gasteiger partial charge in [0.05, 0.1) is 0 Å². The molecule has 242 valence electrons. The van der Waals surface area contributed by atoms with Gasteiger partial charge in [-0.1, -0.05) is 72.5 Å². The van der Waals surface area contributed by atoms with E-state index in [9.17, 15) is 9.59 Å². The highest BCUT2D eigenvalue weighted by Gasteiger charge is 2.26. The Hall–Kier alpha value is -5.14. The van der Waals surface area contributed by atoms with Crippen LogP contribution in [-0.2, 0) is 13.1 Å². The number of rotatable bonds is 6. The van der Waals surface area contributed by atoms with E-state index < -0.39 is 0 Å². The van der Waals surface area contributed by atoms with Crippen LogP contribution in [0.25, 0.3) is 0 Å². The molecule has 6 rings (SSSR count). The number of nitrogens with two attached hydrogens (primary N) is 2. The minimum Gasteiger partial charge on any atom is -0.339 e. The molecule has 2 aliphatic heterocycles. The summed E-state index contributed by atoms with van der Waals surface area (Å²) >= 11 is 0. The first-order valence-corrected chi connectivity index (χ1v) is 16.9. The number of hydrogen-bond donors (Lipinski definition) is 2. The van der Waals surface area contributed by atoms with Gasteiger partial charge in [0.15, 0.2) is 0 Å². The second-order valence-corrected chi connectivity index (χ2v) is 12.7. The maximum Gasteiger partial charge on any atom is 0.253 e. The molecule has 2 amide bonds. The Bertz CT molecular complexity index is 1750. The van der Waals surface area contributed by atoms with Gasteiger partial charge in [-0.15, -0.1) is 0 Å². The lowest BCUT2D eigenvalue weighted by Crippen LogP contribution is -2.38. The molecule has 2 heterocycles. The Kier molecular flexibility index (Phi) is 10.7. The molecule has 2 aliphatic rings. The van der Waals surface area contributed by atoms with E-state index in [0.29, 0.717) is 36.1 Å². The number of nitrogens with zero attached hydrogens (tertiary/aromatic N) is 2. The van der Waals surface area contributed by atoms with Crippen molar-refractivity contribution in [1.82, 2.24) is 9.80 Å². The molecule has 0 aliphatic carbocycles. The second kappa shape index (κ2) is 15.6. The van der Waals surface area contributed by atoms with Gasteiger partial charge in [0, 0.05) is 61.5 Å². The van der Waals surface area contributed by atoms with E-state index in [1.807, 2.05) is 58.3 Å². The monoisotopic (exact) mass is 634 g/mol. The molecule has 4 aromatic carbocycles. The van der Waals surface area contributed by atoms with E-state index in [0.717, 1.165) is 74.1 Å². The van der Waals surface area contributed by atoms with Crippen molar-refractivity contribution in [3.05, 3.63) is 142 Å². The van der Waals surface area contributed by atoms with Crippen molar-refractivity contribution >= 4 is 11.8 Å². The van der Waals surface area contributed by atoms with Gasteiger partial charge in [-0.05, 0) is 108 Å². The van der Waals surface area contributed by atoms with Crippen LogP contribution in [0.4, 0.5) is 0 Å². The van der Waals surface area contributed by atoms with E-state index in [1.54, 1.807) is 0 Å². The Morgan fingerprint density at radius 2 is 0.958 bits per heavy atom. The van der Waals surface area contributed by atoms with Crippen LogP contribution in [0, 0.1) is 23.7 Å². The van der Waals surface area contributed by atoms with Crippen LogP contribution in [0.3, 0.4) is 0 Å². The van der Waals surface area contributed by atoms with Crippen LogP contribution in [-0.4, -0.2) is 47.8 Å². The van der Waals surface area contributed by atoms with Crippen molar-refractivity contribution in [2.24, 2.45) is 11.5 Å². The summed E-state index contributed by atoms with van der Waals surface area (Å²) in [5, 5.41) is 0. The molecular formula is C42H42N4O2. The Morgan fingerprint density at radius 1 is 0.562 bits per heavy atom. The van der Waals surface area contributed by atoms with Gasteiger partial charge in [-0.25, -0.2) is 0 Å². The number of hydrogen-bond acceptors (Lipinski definition) is 4. The number of carbonyl (C=O) groups is 2. The van der Waals surface area contributed by atoms with Crippen molar-refractivity contribution in [3.63, 3.8) is 0 Å². The molecule has 0 spiro atoms. The SMILES string of the molecule is NCc1cccc(C2CCN(C(=O)c3cccc(C#CC#Cc4cccc(C(=O)N5CCC(c6cccc(CN)c6)CC5)c4)c3)CC2)c1. The summed E-state index contributed by atoms with van der Waals surface area (Å²) in [6, 6.07) is 31.8. The third-order valence-corrected chi connectivity index (χ3v) is 9.58. The van der Waals surface area contributed by atoms with Gasteiger partial charge >= 0.3 is 0 Å². The predicted molar refractivity (Wildman–Crippen MR) is 191 cm³/mol. The third-order valence-electron chi connectivity index (χ3n) is 9.58. The molecule has 0 bridgehead atoms. The molecule has 4 aromatic rings. The van der Waals surface area contributed by atoms with Gasteiger partial charge < -0.3 is 21.3 Å². The van der Waals surface area contributed by atoms with Gasteiger partial charge in [-0.3, -0.25) is 9.59 Å². The molecule has 0 atom stereocenters. The maximum atomic E-state index is 13.3. The lowest BCUT2D eigenvalue weighted by atomic mass is 9.88. The predicted octanol–water partition coefficient (Wildman–Crippen LogP) is 6.05. The summed E-state index contributed by atoms with van der Waals surface area (Å²) in [7, 11) is 0. The minimum absolute atomic E-state index is 0.0328. The van der Waals surface area contributed by atoms with E-state index in [-0.39, 0.29) is 11.8 Å². The van der Waals surface area contributed by atoms with Crippen LogP contribution in [0.15, 0.2) is 97.1 Å². The van der Waals surface area contributed by atoms with Crippen molar-refractivity contribution in [1.29, 1.82) is 0 Å². The molecule has 2 saturated heterocycles. The molecule has 6 heteroatoms. The highest BCUT2D eigenvalue weighted by molar-refractivity contribution is 5.95. The molecule has 48 heavy (non-hydrogen) atoms. The number of benzene rings is 4. The highest BCUT2D eigenvalue weighted by Crippen LogP contribution is 2.30. The van der Waals surface area contributed by atoms with E-state index >= 15 is 0 Å².